The second kappa shape index (κ2) is 7.17. The van der Waals surface area contributed by atoms with E-state index < -0.39 is 0 Å². The van der Waals surface area contributed by atoms with Crippen molar-refractivity contribution in [2.24, 2.45) is 0 Å². The van der Waals surface area contributed by atoms with E-state index in [1.54, 1.807) is 24.3 Å². The summed E-state index contributed by atoms with van der Waals surface area (Å²) < 4.78 is 10.9. The normalized spacial score (nSPS) is 10.9. The van der Waals surface area contributed by atoms with E-state index in [0.717, 1.165) is 22.3 Å². The molecule has 0 saturated carbocycles. The van der Waals surface area contributed by atoms with Gasteiger partial charge in [-0.25, -0.2) is 0 Å². The molecule has 0 aliphatic carbocycles. The van der Waals surface area contributed by atoms with Crippen molar-refractivity contribution in [3.8, 4) is 45.7 Å². The highest BCUT2D eigenvalue weighted by atomic mass is 16.5. The van der Waals surface area contributed by atoms with E-state index in [0.29, 0.717) is 34.8 Å². The minimum absolute atomic E-state index is 0.391. The van der Waals surface area contributed by atoms with Crippen molar-refractivity contribution in [1.82, 2.24) is 20.3 Å². The highest BCUT2D eigenvalue weighted by Gasteiger charge is 2.14. The molecule has 8 heteroatoms. The quantitative estimate of drug-likeness (QED) is 0.430. The van der Waals surface area contributed by atoms with Gasteiger partial charge < -0.3 is 20.5 Å². The third-order valence-electron chi connectivity index (χ3n) is 4.55. The Morgan fingerprint density at radius 2 is 0.967 bits per heavy atom. The first-order chi connectivity index (χ1) is 14.7. The summed E-state index contributed by atoms with van der Waals surface area (Å²) in [4.78, 5) is 8.96. The van der Waals surface area contributed by atoms with Gasteiger partial charge in [0.1, 0.15) is 0 Å². The smallest absolute Gasteiger partial charge is 0.258 e. The topological polar surface area (TPSA) is 130 Å². The number of anilines is 2. The highest BCUT2D eigenvalue weighted by Crippen LogP contribution is 2.28. The monoisotopic (exact) mass is 396 g/mol. The SMILES string of the molecule is Nc1ccc(-c2noc(-c3cccc(-c4nc(-c5ccc(N)cc5)no4)c3)n2)cc1. The van der Waals surface area contributed by atoms with Gasteiger partial charge in [0, 0.05) is 33.6 Å². The number of hydrogen-bond acceptors (Lipinski definition) is 8. The predicted molar refractivity (Wildman–Crippen MR) is 113 cm³/mol. The van der Waals surface area contributed by atoms with Crippen molar-refractivity contribution < 1.29 is 9.05 Å². The maximum Gasteiger partial charge on any atom is 0.258 e. The molecular formula is C22H16N6O2. The molecule has 0 saturated heterocycles. The standard InChI is InChI=1S/C22H16N6O2/c23-17-8-4-13(5-9-17)19-25-21(29-27-19)15-2-1-3-16(12-15)22-26-20(28-30-22)14-6-10-18(24)11-7-14/h1-12H,23-24H2. The van der Waals surface area contributed by atoms with Crippen LogP contribution in [0.4, 0.5) is 11.4 Å². The Balaban J connectivity index is 1.44. The maximum absolute atomic E-state index is 5.73. The first kappa shape index (κ1) is 17.6. The fraction of sp³-hybridized carbons (Fsp3) is 0. The number of nitrogens with zero attached hydrogens (tertiary/aromatic N) is 4. The minimum Gasteiger partial charge on any atom is -0.399 e. The molecule has 0 radical (unpaired) electrons. The van der Waals surface area contributed by atoms with Crippen LogP contribution in [0.2, 0.25) is 0 Å². The van der Waals surface area contributed by atoms with E-state index >= 15 is 0 Å². The average molecular weight is 396 g/mol. The van der Waals surface area contributed by atoms with Crippen LogP contribution in [0.5, 0.6) is 0 Å². The summed E-state index contributed by atoms with van der Waals surface area (Å²) in [5.74, 6) is 1.75. The zero-order chi connectivity index (χ0) is 20.5. The highest BCUT2D eigenvalue weighted by molar-refractivity contribution is 5.68. The van der Waals surface area contributed by atoms with Crippen LogP contribution in [0.3, 0.4) is 0 Å². The first-order valence-corrected chi connectivity index (χ1v) is 9.16. The molecule has 0 unspecified atom stereocenters. The van der Waals surface area contributed by atoms with Crippen LogP contribution in [-0.2, 0) is 0 Å². The van der Waals surface area contributed by atoms with Crippen LogP contribution in [-0.4, -0.2) is 20.3 Å². The van der Waals surface area contributed by atoms with Crippen LogP contribution < -0.4 is 11.5 Å². The van der Waals surface area contributed by atoms with E-state index in [2.05, 4.69) is 20.3 Å². The van der Waals surface area contributed by atoms with Crippen molar-refractivity contribution in [3.05, 3.63) is 72.8 Å². The average Bonchev–Trinajstić information content (AvgIpc) is 3.45. The third kappa shape index (κ3) is 3.37. The molecule has 5 aromatic rings. The Bertz CT molecular complexity index is 1210. The molecule has 0 atom stereocenters. The fourth-order valence-electron chi connectivity index (χ4n) is 2.97. The summed E-state index contributed by atoms with van der Waals surface area (Å²) in [5, 5.41) is 8.11. The molecule has 3 aromatic carbocycles. The van der Waals surface area contributed by atoms with Gasteiger partial charge in [-0.1, -0.05) is 16.4 Å². The number of rotatable bonds is 4. The Labute approximate surface area is 171 Å². The molecule has 2 heterocycles. The number of aromatic nitrogens is 4. The van der Waals surface area contributed by atoms with E-state index in [9.17, 15) is 0 Å². The van der Waals surface area contributed by atoms with Gasteiger partial charge in [-0.05, 0) is 66.7 Å². The zero-order valence-electron chi connectivity index (χ0n) is 15.7. The molecule has 8 nitrogen and oxygen atoms in total. The number of nitrogens with two attached hydrogens (primary N) is 2. The van der Waals surface area contributed by atoms with Crippen molar-refractivity contribution >= 4 is 11.4 Å². The summed E-state index contributed by atoms with van der Waals surface area (Å²) in [5.41, 5.74) is 15.9. The van der Waals surface area contributed by atoms with Gasteiger partial charge in [-0.3, -0.25) is 0 Å². The molecule has 4 N–H and O–H groups in total. The largest absolute Gasteiger partial charge is 0.399 e. The van der Waals surface area contributed by atoms with Gasteiger partial charge in [0.2, 0.25) is 11.6 Å². The Hall–Kier alpha value is -4.46. The molecule has 0 aliphatic heterocycles. The van der Waals surface area contributed by atoms with Gasteiger partial charge in [-0.2, -0.15) is 9.97 Å². The molecule has 0 amide bonds. The summed E-state index contributed by atoms with van der Waals surface area (Å²) in [6, 6.07) is 22.0. The van der Waals surface area contributed by atoms with Crippen LogP contribution in [0.1, 0.15) is 0 Å². The molecule has 30 heavy (non-hydrogen) atoms. The fourth-order valence-corrected chi connectivity index (χ4v) is 2.97. The minimum atomic E-state index is 0.391. The molecule has 146 valence electrons. The van der Waals surface area contributed by atoms with Crippen molar-refractivity contribution in [3.63, 3.8) is 0 Å². The third-order valence-corrected chi connectivity index (χ3v) is 4.55. The van der Waals surface area contributed by atoms with E-state index in [-0.39, 0.29) is 0 Å². The molecule has 0 bridgehead atoms. The van der Waals surface area contributed by atoms with Crippen LogP contribution in [0, 0.1) is 0 Å². The molecule has 5 rings (SSSR count). The summed E-state index contributed by atoms with van der Waals surface area (Å²) in [6.07, 6.45) is 0. The van der Waals surface area contributed by atoms with Gasteiger partial charge in [0.15, 0.2) is 0 Å². The van der Waals surface area contributed by atoms with Crippen LogP contribution >= 0.6 is 0 Å². The number of hydrogen-bond donors (Lipinski definition) is 2. The second-order valence-corrected chi connectivity index (χ2v) is 6.67. The van der Waals surface area contributed by atoms with Gasteiger partial charge in [-0.15, -0.1) is 0 Å². The van der Waals surface area contributed by atoms with Gasteiger partial charge in [0.05, 0.1) is 0 Å². The van der Waals surface area contributed by atoms with Gasteiger partial charge in [0.25, 0.3) is 11.8 Å². The lowest BCUT2D eigenvalue weighted by molar-refractivity contribution is 0.431. The van der Waals surface area contributed by atoms with Crippen LogP contribution in [0.15, 0.2) is 81.8 Å². The Morgan fingerprint density at radius 3 is 1.40 bits per heavy atom. The summed E-state index contributed by atoms with van der Waals surface area (Å²) >= 11 is 0. The van der Waals surface area contributed by atoms with Crippen LogP contribution in [0.25, 0.3) is 45.7 Å². The molecule has 0 spiro atoms. The van der Waals surface area contributed by atoms with E-state index in [1.165, 1.54) is 0 Å². The number of nitrogen functional groups attached to an aromatic ring is 2. The molecule has 0 aliphatic rings. The van der Waals surface area contributed by atoms with E-state index in [1.807, 2.05) is 48.5 Å². The Morgan fingerprint density at radius 1 is 0.533 bits per heavy atom. The predicted octanol–water partition coefficient (Wildman–Crippen LogP) is 4.29. The zero-order valence-corrected chi connectivity index (χ0v) is 15.7. The first-order valence-electron chi connectivity index (χ1n) is 9.16. The summed E-state index contributed by atoms with van der Waals surface area (Å²) in [6.45, 7) is 0. The molecular weight excluding hydrogens is 380 g/mol. The van der Waals surface area contributed by atoms with Crippen molar-refractivity contribution in [1.29, 1.82) is 0 Å². The molecule has 0 fully saturated rings. The van der Waals surface area contributed by atoms with Crippen molar-refractivity contribution in [2.75, 3.05) is 11.5 Å². The lowest BCUT2D eigenvalue weighted by Gasteiger charge is -1.98. The van der Waals surface area contributed by atoms with E-state index in [4.69, 9.17) is 20.5 Å². The number of benzene rings is 3. The van der Waals surface area contributed by atoms with Crippen molar-refractivity contribution in [2.45, 2.75) is 0 Å². The summed E-state index contributed by atoms with van der Waals surface area (Å²) in [7, 11) is 0. The maximum atomic E-state index is 5.73. The van der Waals surface area contributed by atoms with Gasteiger partial charge >= 0.3 is 0 Å². The second-order valence-electron chi connectivity index (χ2n) is 6.67. The lowest BCUT2D eigenvalue weighted by atomic mass is 10.1. The lowest BCUT2D eigenvalue weighted by Crippen LogP contribution is -1.86. The Kier molecular flexibility index (Phi) is 4.21. The molecule has 2 aromatic heterocycles.